The fraction of sp³-hybridized carbons (Fsp3) is 0.744. The number of carbonyl (C=O) groups excluding carboxylic acids is 2. The van der Waals surface area contributed by atoms with E-state index in [0.717, 1.165) is 66.5 Å². The molecule has 3 aromatic rings. The number of likely N-dealkylation sites (tertiary alicyclic amines) is 1. The zero-order valence-electron chi connectivity index (χ0n) is 62.1. The normalized spacial score (nSPS) is 14.8. The van der Waals surface area contributed by atoms with Gasteiger partial charge in [-0.2, -0.15) is 0 Å². The standard InChI is InChI=1S/C82H137N4O9P/c1-10-12-14-16-18-20-22-24-26-28-30-32-34-36-38-46-62-91-68-79(92-63-47-39-37-35-33-31-29-27-25-23-21-19-17-15-13-11-2)69-93-81(88)84-61-45-41-44-51-80(87)85-66-78(95-96(64-48-60-83-7)86(70(3)4)71(5)6)65-75(85)67-94-82(72-49-42-40-43-50-72,73-52-56-76(89-8)57-53-73)74-54-58-77(90-9)59-55-74/h40,42-43,49-50,52-59,70-71,75,78-79H,10-39,41,44-48,51,60-69H2,1-6,8-9H3,(H,84,88)/t75-,78+,79?,96?/m0/s1. The Bertz CT molecular complexity index is 2340. The number of ether oxygens (including phenoxy) is 6. The minimum absolute atomic E-state index is 0.0610. The monoisotopic (exact) mass is 1350 g/mol. The Morgan fingerprint density at radius 3 is 1.48 bits per heavy atom. The highest BCUT2D eigenvalue weighted by Crippen LogP contribution is 2.49. The minimum atomic E-state index is -1.06. The van der Waals surface area contributed by atoms with Crippen LogP contribution in [0.15, 0.2) is 78.9 Å². The molecule has 3 aromatic carbocycles. The number of benzene rings is 3. The highest BCUT2D eigenvalue weighted by Gasteiger charge is 2.43. The summed E-state index contributed by atoms with van der Waals surface area (Å²) in [6.45, 7) is 24.4. The van der Waals surface area contributed by atoms with E-state index >= 15 is 0 Å². The number of carbonyl (C=O) groups is 2. The lowest BCUT2D eigenvalue weighted by atomic mass is 9.80. The number of nitrogens with one attached hydrogen (secondary N) is 1. The number of alkyl carbamates (subject to hydrolysis) is 1. The molecule has 0 aliphatic carbocycles. The van der Waals surface area contributed by atoms with Gasteiger partial charge >= 0.3 is 6.09 Å². The van der Waals surface area contributed by atoms with E-state index in [2.05, 4.69) is 92.8 Å². The first-order valence-corrected chi connectivity index (χ1v) is 40.3. The number of rotatable bonds is 61. The van der Waals surface area contributed by atoms with Crippen LogP contribution in [0.3, 0.4) is 0 Å². The fourth-order valence-electron chi connectivity index (χ4n) is 13.6. The van der Waals surface area contributed by atoms with Gasteiger partial charge in [-0.05, 0) is 101 Å². The summed E-state index contributed by atoms with van der Waals surface area (Å²) in [7, 11) is 2.28. The summed E-state index contributed by atoms with van der Waals surface area (Å²) in [4.78, 5) is 33.6. The molecule has 544 valence electrons. The molecule has 96 heavy (non-hydrogen) atoms. The second-order valence-electron chi connectivity index (χ2n) is 27.9. The van der Waals surface area contributed by atoms with Crippen molar-refractivity contribution >= 4 is 20.3 Å². The summed E-state index contributed by atoms with van der Waals surface area (Å²) >= 11 is 0. The molecular weight excluding hydrogens is 1220 g/mol. The van der Waals surface area contributed by atoms with E-state index in [0.29, 0.717) is 65.1 Å². The van der Waals surface area contributed by atoms with E-state index in [1.165, 1.54) is 186 Å². The van der Waals surface area contributed by atoms with E-state index in [-0.39, 0.29) is 49.5 Å². The molecule has 0 saturated carbocycles. The molecule has 0 aromatic heterocycles. The number of amides is 2. The third-order valence-electron chi connectivity index (χ3n) is 19.1. The van der Waals surface area contributed by atoms with Gasteiger partial charge in [0.15, 0.2) is 0 Å². The van der Waals surface area contributed by atoms with Gasteiger partial charge in [0.05, 0.1) is 39.6 Å². The van der Waals surface area contributed by atoms with Crippen LogP contribution in [0.5, 0.6) is 11.5 Å². The summed E-state index contributed by atoms with van der Waals surface area (Å²) in [6, 6.07) is 26.6. The molecule has 1 aliphatic heterocycles. The van der Waals surface area contributed by atoms with Crippen molar-refractivity contribution in [1.29, 1.82) is 0 Å². The van der Waals surface area contributed by atoms with Crippen molar-refractivity contribution in [2.45, 2.75) is 321 Å². The molecule has 2 unspecified atom stereocenters. The summed E-state index contributed by atoms with van der Waals surface area (Å²) in [5, 5.41) is 2.97. The number of hydrogen-bond acceptors (Lipinski definition) is 10. The Balaban J connectivity index is 1.30. The number of unbranched alkanes of at least 4 members (excludes halogenated alkanes) is 32. The third-order valence-corrected chi connectivity index (χ3v) is 21.8. The lowest BCUT2D eigenvalue weighted by Gasteiger charge is -2.38. The molecule has 0 spiro atoms. The van der Waals surface area contributed by atoms with Crippen molar-refractivity contribution in [2.24, 2.45) is 0 Å². The molecule has 0 bridgehead atoms. The van der Waals surface area contributed by atoms with Gasteiger partial charge < -0.3 is 48.0 Å². The van der Waals surface area contributed by atoms with Gasteiger partial charge in [-0.1, -0.05) is 267 Å². The molecule has 4 rings (SSSR count). The number of nitrogens with zero attached hydrogens (tertiary/aromatic N) is 3. The van der Waals surface area contributed by atoms with Crippen molar-refractivity contribution in [1.82, 2.24) is 14.9 Å². The molecule has 13 nitrogen and oxygen atoms in total. The SMILES string of the molecule is [C-]#[N+]CCCP(O[C@@H]1C[C@@H](COC(c2ccccc2)(c2ccc(OC)cc2)c2ccc(OC)cc2)N(C(=O)CCCCCNC(=O)OCC(COCCCCCCCCCCCCCCCCCC)OCCCCCCCCCCCCCCCCCC)C1)N(C(C)C)C(C)C. The summed E-state index contributed by atoms with van der Waals surface area (Å²) in [5.74, 6) is 1.54. The minimum Gasteiger partial charge on any atom is -0.497 e. The number of hydrogen-bond donors (Lipinski definition) is 1. The summed E-state index contributed by atoms with van der Waals surface area (Å²) < 4.78 is 46.7. The molecular formula is C82H137N4O9P. The molecule has 0 radical (unpaired) electrons. The van der Waals surface area contributed by atoms with E-state index in [9.17, 15) is 9.59 Å². The quantitative estimate of drug-likeness (QED) is 0.0253. The molecule has 1 fully saturated rings. The maximum absolute atomic E-state index is 14.7. The smallest absolute Gasteiger partial charge is 0.407 e. The van der Waals surface area contributed by atoms with Crippen molar-refractivity contribution in [2.75, 3.05) is 73.1 Å². The van der Waals surface area contributed by atoms with Crippen LogP contribution < -0.4 is 14.8 Å². The average Bonchev–Trinajstić information content (AvgIpc) is 0.802. The van der Waals surface area contributed by atoms with Crippen molar-refractivity contribution < 1.29 is 42.5 Å². The van der Waals surface area contributed by atoms with Crippen LogP contribution in [0.4, 0.5) is 4.79 Å². The van der Waals surface area contributed by atoms with Crippen molar-refractivity contribution in [3.63, 3.8) is 0 Å². The first kappa shape index (κ1) is 84.1. The van der Waals surface area contributed by atoms with Gasteiger partial charge in [0.2, 0.25) is 12.5 Å². The first-order chi connectivity index (χ1) is 47.0. The van der Waals surface area contributed by atoms with Crippen LogP contribution in [0.25, 0.3) is 4.85 Å². The fourth-order valence-corrected chi connectivity index (χ4v) is 16.0. The maximum Gasteiger partial charge on any atom is 0.407 e. The molecule has 4 atom stereocenters. The lowest BCUT2D eigenvalue weighted by Crippen LogP contribution is -2.42. The van der Waals surface area contributed by atoms with E-state index in [1.54, 1.807) is 14.2 Å². The second-order valence-corrected chi connectivity index (χ2v) is 29.7. The summed E-state index contributed by atoms with van der Waals surface area (Å²) in [5.41, 5.74) is 1.74. The summed E-state index contributed by atoms with van der Waals surface area (Å²) in [6.07, 6.45) is 46.3. The van der Waals surface area contributed by atoms with E-state index in [4.69, 9.17) is 39.5 Å². The Labute approximate surface area is 587 Å². The third kappa shape index (κ3) is 35.2. The average molecular weight is 1350 g/mol. The first-order valence-electron chi connectivity index (χ1n) is 38.9. The number of methoxy groups -OCH3 is 2. The van der Waals surface area contributed by atoms with E-state index in [1.807, 2.05) is 47.4 Å². The van der Waals surface area contributed by atoms with Crippen LogP contribution in [0.1, 0.15) is 302 Å². The maximum atomic E-state index is 14.7. The Hall–Kier alpha value is -4.28. The van der Waals surface area contributed by atoms with Crippen LogP contribution in [0, 0.1) is 6.57 Å². The van der Waals surface area contributed by atoms with Gasteiger partial charge in [0, 0.05) is 57.4 Å². The Kier molecular flexibility index (Phi) is 47.8. The Morgan fingerprint density at radius 1 is 0.573 bits per heavy atom. The van der Waals surface area contributed by atoms with Crippen molar-refractivity contribution in [3.8, 4) is 11.5 Å². The van der Waals surface area contributed by atoms with Crippen LogP contribution in [0.2, 0.25) is 0 Å². The van der Waals surface area contributed by atoms with Crippen LogP contribution in [-0.4, -0.2) is 125 Å². The molecule has 2 amide bonds. The topological polar surface area (TPSA) is 122 Å². The molecule has 1 N–H and O–H groups in total. The highest BCUT2D eigenvalue weighted by atomic mass is 31.2. The van der Waals surface area contributed by atoms with Gasteiger partial charge in [-0.15, -0.1) is 0 Å². The molecule has 14 heteroatoms. The van der Waals surface area contributed by atoms with Crippen molar-refractivity contribution in [3.05, 3.63) is 107 Å². The molecule has 1 aliphatic rings. The van der Waals surface area contributed by atoms with E-state index < -0.39 is 20.0 Å². The highest BCUT2D eigenvalue weighted by molar-refractivity contribution is 7.50. The van der Waals surface area contributed by atoms with Gasteiger partial charge in [0.25, 0.3) is 0 Å². The van der Waals surface area contributed by atoms with Gasteiger partial charge in [0.1, 0.15) is 38.1 Å². The largest absolute Gasteiger partial charge is 0.497 e. The van der Waals surface area contributed by atoms with Gasteiger partial charge in [-0.25, -0.2) is 11.4 Å². The Morgan fingerprint density at radius 2 is 1.02 bits per heavy atom. The van der Waals surface area contributed by atoms with Gasteiger partial charge in [-0.3, -0.25) is 9.46 Å². The molecule has 1 heterocycles. The molecule has 1 saturated heterocycles. The van der Waals surface area contributed by atoms with Crippen LogP contribution >= 0.6 is 8.30 Å². The second kappa shape index (κ2) is 54.5. The zero-order chi connectivity index (χ0) is 69.0. The predicted octanol–water partition coefficient (Wildman–Crippen LogP) is 21.9. The predicted molar refractivity (Wildman–Crippen MR) is 401 cm³/mol. The lowest BCUT2D eigenvalue weighted by molar-refractivity contribution is -0.134. The van der Waals surface area contributed by atoms with Crippen LogP contribution in [-0.2, 0) is 33.9 Å². The zero-order valence-corrected chi connectivity index (χ0v) is 63.0.